The van der Waals surface area contributed by atoms with E-state index in [1.165, 1.54) is 0 Å². The monoisotopic (exact) mass is 260 g/mol. The minimum Gasteiger partial charge on any atom is -0.399 e. The van der Waals surface area contributed by atoms with E-state index in [0.717, 1.165) is 12.4 Å². The van der Waals surface area contributed by atoms with E-state index >= 15 is 0 Å². The van der Waals surface area contributed by atoms with Crippen molar-refractivity contribution in [3.8, 4) is 0 Å². The molecule has 0 radical (unpaired) electrons. The minimum atomic E-state index is -0.296. The number of benzene rings is 1. The molecule has 7 heteroatoms. The van der Waals surface area contributed by atoms with E-state index in [1.54, 1.807) is 30.6 Å². The molecule has 2 rings (SSSR count). The standard InChI is InChI=1S/C12H16N6O/c1-2-18-8-15-17-11(18)7-14-12(19)16-10-5-3-9(13)4-6-10/h3-6,8H,2,7,13H2,1H3,(H2,14,16,19). The van der Waals surface area contributed by atoms with Crippen LogP contribution in [0.4, 0.5) is 16.2 Å². The summed E-state index contributed by atoms with van der Waals surface area (Å²) < 4.78 is 1.86. The lowest BCUT2D eigenvalue weighted by Gasteiger charge is -2.08. The molecular formula is C12H16N6O. The van der Waals surface area contributed by atoms with Crippen LogP contribution in [0.25, 0.3) is 0 Å². The summed E-state index contributed by atoms with van der Waals surface area (Å²) >= 11 is 0. The number of anilines is 2. The zero-order valence-corrected chi connectivity index (χ0v) is 10.6. The number of carbonyl (C=O) groups excluding carboxylic acids is 1. The molecule has 19 heavy (non-hydrogen) atoms. The van der Waals surface area contributed by atoms with Gasteiger partial charge in [-0.1, -0.05) is 0 Å². The first kappa shape index (κ1) is 12.9. The lowest BCUT2D eigenvalue weighted by atomic mass is 10.3. The van der Waals surface area contributed by atoms with E-state index in [0.29, 0.717) is 17.9 Å². The number of amides is 2. The zero-order chi connectivity index (χ0) is 13.7. The number of aryl methyl sites for hydroxylation is 1. The number of nitrogens with one attached hydrogen (secondary N) is 2. The molecule has 2 aromatic rings. The molecule has 1 aromatic heterocycles. The van der Waals surface area contributed by atoms with Crippen molar-refractivity contribution in [3.63, 3.8) is 0 Å². The van der Waals surface area contributed by atoms with Crippen molar-refractivity contribution in [2.75, 3.05) is 11.1 Å². The maximum absolute atomic E-state index is 11.7. The van der Waals surface area contributed by atoms with Crippen LogP contribution in [0.5, 0.6) is 0 Å². The van der Waals surface area contributed by atoms with Crippen LogP contribution in [0.1, 0.15) is 12.7 Å². The van der Waals surface area contributed by atoms with Gasteiger partial charge >= 0.3 is 6.03 Å². The molecule has 0 aliphatic carbocycles. The molecule has 0 fully saturated rings. The summed E-state index contributed by atoms with van der Waals surface area (Å²) in [5, 5.41) is 13.1. The van der Waals surface area contributed by atoms with E-state index in [4.69, 9.17) is 5.73 Å². The third kappa shape index (κ3) is 3.44. The molecule has 0 saturated carbocycles. The second kappa shape index (κ2) is 5.85. The van der Waals surface area contributed by atoms with Gasteiger partial charge in [0.1, 0.15) is 6.33 Å². The van der Waals surface area contributed by atoms with Crippen molar-refractivity contribution < 1.29 is 4.79 Å². The molecule has 1 aromatic carbocycles. The first-order chi connectivity index (χ1) is 9.19. The SMILES string of the molecule is CCn1cnnc1CNC(=O)Nc1ccc(N)cc1. The Morgan fingerprint density at radius 3 is 2.79 bits per heavy atom. The van der Waals surface area contributed by atoms with Crippen LogP contribution < -0.4 is 16.4 Å². The quantitative estimate of drug-likeness (QED) is 0.719. The largest absolute Gasteiger partial charge is 0.399 e. The Morgan fingerprint density at radius 2 is 2.11 bits per heavy atom. The number of urea groups is 1. The van der Waals surface area contributed by atoms with Crippen LogP contribution in [-0.2, 0) is 13.1 Å². The lowest BCUT2D eigenvalue weighted by Crippen LogP contribution is -2.29. The van der Waals surface area contributed by atoms with Gasteiger partial charge in [0, 0.05) is 17.9 Å². The highest BCUT2D eigenvalue weighted by Crippen LogP contribution is 2.10. The Balaban J connectivity index is 1.86. The molecule has 100 valence electrons. The van der Waals surface area contributed by atoms with Crippen molar-refractivity contribution in [3.05, 3.63) is 36.4 Å². The maximum atomic E-state index is 11.7. The molecule has 0 saturated heterocycles. The van der Waals surface area contributed by atoms with Crippen molar-refractivity contribution in [1.82, 2.24) is 20.1 Å². The van der Waals surface area contributed by atoms with E-state index < -0.39 is 0 Å². The molecule has 2 amide bonds. The number of aromatic nitrogens is 3. The van der Waals surface area contributed by atoms with Gasteiger partial charge < -0.3 is 20.9 Å². The highest BCUT2D eigenvalue weighted by molar-refractivity contribution is 5.89. The Morgan fingerprint density at radius 1 is 1.37 bits per heavy atom. The number of nitrogens with two attached hydrogens (primary N) is 1. The Bertz CT molecular complexity index is 548. The van der Waals surface area contributed by atoms with Crippen LogP contribution in [0.15, 0.2) is 30.6 Å². The third-order valence-electron chi connectivity index (χ3n) is 2.61. The van der Waals surface area contributed by atoms with E-state index in [2.05, 4.69) is 20.8 Å². The van der Waals surface area contributed by atoms with Gasteiger partial charge in [0.2, 0.25) is 0 Å². The van der Waals surface area contributed by atoms with Gasteiger partial charge in [-0.15, -0.1) is 10.2 Å². The number of rotatable bonds is 4. The Kier molecular flexibility index (Phi) is 3.97. The summed E-state index contributed by atoms with van der Waals surface area (Å²) in [7, 11) is 0. The maximum Gasteiger partial charge on any atom is 0.319 e. The first-order valence-corrected chi connectivity index (χ1v) is 5.96. The minimum absolute atomic E-state index is 0.296. The van der Waals surface area contributed by atoms with E-state index in [-0.39, 0.29) is 6.03 Å². The second-order valence-electron chi connectivity index (χ2n) is 3.96. The van der Waals surface area contributed by atoms with Gasteiger partial charge in [0.15, 0.2) is 5.82 Å². The van der Waals surface area contributed by atoms with Gasteiger partial charge in [-0.2, -0.15) is 0 Å². The number of nitrogen functional groups attached to an aromatic ring is 1. The van der Waals surface area contributed by atoms with Crippen molar-refractivity contribution >= 4 is 17.4 Å². The average Bonchev–Trinajstić information content (AvgIpc) is 2.86. The van der Waals surface area contributed by atoms with E-state index in [1.807, 2.05) is 11.5 Å². The summed E-state index contributed by atoms with van der Waals surface area (Å²) in [6, 6.07) is 6.63. The molecule has 7 nitrogen and oxygen atoms in total. The molecule has 0 atom stereocenters. The van der Waals surface area contributed by atoms with E-state index in [9.17, 15) is 4.79 Å². The number of nitrogens with zero attached hydrogens (tertiary/aromatic N) is 3. The molecule has 4 N–H and O–H groups in total. The van der Waals surface area contributed by atoms with Crippen molar-refractivity contribution in [1.29, 1.82) is 0 Å². The smallest absolute Gasteiger partial charge is 0.319 e. The summed E-state index contributed by atoms with van der Waals surface area (Å²) in [4.78, 5) is 11.7. The lowest BCUT2D eigenvalue weighted by molar-refractivity contribution is 0.251. The molecular weight excluding hydrogens is 244 g/mol. The summed E-state index contributed by atoms with van der Waals surface area (Å²) in [6.45, 7) is 3.08. The number of carbonyl (C=O) groups is 1. The van der Waals surface area contributed by atoms with Crippen LogP contribution in [0.2, 0.25) is 0 Å². The third-order valence-corrected chi connectivity index (χ3v) is 2.61. The fourth-order valence-corrected chi connectivity index (χ4v) is 1.58. The molecule has 0 aliphatic rings. The zero-order valence-electron chi connectivity index (χ0n) is 10.6. The molecule has 0 unspecified atom stereocenters. The Hall–Kier alpha value is -2.57. The van der Waals surface area contributed by atoms with Crippen LogP contribution in [0, 0.1) is 0 Å². The molecule has 0 bridgehead atoms. The Labute approximate surface area is 110 Å². The van der Waals surface area contributed by atoms with Crippen molar-refractivity contribution in [2.45, 2.75) is 20.0 Å². The highest BCUT2D eigenvalue weighted by Gasteiger charge is 2.05. The van der Waals surface area contributed by atoms with Gasteiger partial charge in [-0.25, -0.2) is 4.79 Å². The van der Waals surface area contributed by atoms with Gasteiger partial charge in [-0.3, -0.25) is 0 Å². The fourth-order valence-electron chi connectivity index (χ4n) is 1.58. The van der Waals surface area contributed by atoms with Gasteiger partial charge in [-0.05, 0) is 31.2 Å². The highest BCUT2D eigenvalue weighted by atomic mass is 16.2. The van der Waals surface area contributed by atoms with Crippen LogP contribution in [0.3, 0.4) is 0 Å². The van der Waals surface area contributed by atoms with Crippen LogP contribution >= 0.6 is 0 Å². The first-order valence-electron chi connectivity index (χ1n) is 5.96. The molecule has 0 aliphatic heterocycles. The molecule has 0 spiro atoms. The predicted molar refractivity (Wildman–Crippen MR) is 72.4 cm³/mol. The second-order valence-corrected chi connectivity index (χ2v) is 3.96. The van der Waals surface area contributed by atoms with Gasteiger partial charge in [0.05, 0.1) is 6.54 Å². The number of hydrogen-bond acceptors (Lipinski definition) is 4. The summed E-state index contributed by atoms with van der Waals surface area (Å²) in [5.41, 5.74) is 6.90. The van der Waals surface area contributed by atoms with Gasteiger partial charge in [0.25, 0.3) is 0 Å². The van der Waals surface area contributed by atoms with Crippen LogP contribution in [-0.4, -0.2) is 20.8 Å². The normalized spacial score (nSPS) is 10.2. The fraction of sp³-hybridized carbons (Fsp3) is 0.250. The number of hydrogen-bond donors (Lipinski definition) is 3. The molecule has 1 heterocycles. The average molecular weight is 260 g/mol. The topological polar surface area (TPSA) is 97.9 Å². The summed E-state index contributed by atoms with van der Waals surface area (Å²) in [5.74, 6) is 0.718. The summed E-state index contributed by atoms with van der Waals surface area (Å²) in [6.07, 6.45) is 1.63. The van der Waals surface area contributed by atoms with Crippen molar-refractivity contribution in [2.24, 2.45) is 0 Å². The predicted octanol–water partition coefficient (Wildman–Crippen LogP) is 1.20.